The van der Waals surface area contributed by atoms with Gasteiger partial charge in [-0.1, -0.05) is 53.2 Å². The van der Waals surface area contributed by atoms with Crippen LogP contribution in [0.5, 0.6) is 5.75 Å². The molecule has 7 heteroatoms. The number of halogens is 2. The van der Waals surface area contributed by atoms with E-state index in [1.807, 2.05) is 56.3 Å². The van der Waals surface area contributed by atoms with Crippen LogP contribution < -0.4 is 4.74 Å². The fourth-order valence-corrected chi connectivity index (χ4v) is 4.51. The molecule has 0 radical (unpaired) electrons. The van der Waals surface area contributed by atoms with E-state index in [1.54, 1.807) is 11.8 Å². The fraction of sp³-hybridized carbons (Fsp3) is 0.300. The van der Waals surface area contributed by atoms with Crippen LogP contribution in [0.4, 0.5) is 0 Å². The van der Waals surface area contributed by atoms with E-state index < -0.39 is 0 Å². The van der Waals surface area contributed by atoms with E-state index >= 15 is 0 Å². The van der Waals surface area contributed by atoms with Crippen LogP contribution >= 0.6 is 35.0 Å². The summed E-state index contributed by atoms with van der Waals surface area (Å²) in [6, 6.07) is 13.5. The Bertz CT molecular complexity index is 909. The van der Waals surface area contributed by atoms with E-state index in [0.29, 0.717) is 15.8 Å². The summed E-state index contributed by atoms with van der Waals surface area (Å²) in [7, 11) is 0. The van der Waals surface area contributed by atoms with Gasteiger partial charge in [0.2, 0.25) is 0 Å². The van der Waals surface area contributed by atoms with Crippen molar-refractivity contribution in [2.24, 2.45) is 0 Å². The standard InChI is InChI=1S/C20H21Cl2N3OS/c1-4-25-19(14(3)26-15-8-5-7-13(2)11-15)23-24-20(25)27-12-16-17(21)9-6-10-18(16)22/h5-11,14H,4,12H2,1-3H3. The Balaban J connectivity index is 1.76. The molecule has 2 aromatic carbocycles. The Morgan fingerprint density at radius 1 is 1.11 bits per heavy atom. The summed E-state index contributed by atoms with van der Waals surface area (Å²) in [6.45, 7) is 6.85. The average Bonchev–Trinajstić information content (AvgIpc) is 3.04. The summed E-state index contributed by atoms with van der Waals surface area (Å²) in [5, 5.41) is 10.9. The molecule has 0 aliphatic rings. The monoisotopic (exact) mass is 421 g/mol. The molecule has 1 atom stereocenters. The van der Waals surface area contributed by atoms with Crippen molar-refractivity contribution in [2.75, 3.05) is 0 Å². The van der Waals surface area contributed by atoms with E-state index in [2.05, 4.69) is 21.7 Å². The van der Waals surface area contributed by atoms with Gasteiger partial charge in [0.1, 0.15) is 5.75 Å². The first-order chi connectivity index (χ1) is 13.0. The summed E-state index contributed by atoms with van der Waals surface area (Å²) >= 11 is 14.1. The summed E-state index contributed by atoms with van der Waals surface area (Å²) in [6.07, 6.45) is -0.211. The SMILES string of the molecule is CCn1c(SCc2c(Cl)cccc2Cl)nnc1C(C)Oc1cccc(C)c1. The van der Waals surface area contributed by atoms with Crippen molar-refractivity contribution in [3.63, 3.8) is 0 Å². The molecule has 1 aromatic heterocycles. The van der Waals surface area contributed by atoms with E-state index in [0.717, 1.165) is 34.4 Å². The van der Waals surface area contributed by atoms with Crippen LogP contribution in [0.2, 0.25) is 10.0 Å². The highest BCUT2D eigenvalue weighted by Gasteiger charge is 2.19. The number of rotatable bonds is 7. The number of hydrogen-bond donors (Lipinski definition) is 0. The molecule has 27 heavy (non-hydrogen) atoms. The lowest BCUT2D eigenvalue weighted by Gasteiger charge is -2.16. The van der Waals surface area contributed by atoms with Crippen molar-refractivity contribution in [2.45, 2.75) is 44.3 Å². The zero-order chi connectivity index (χ0) is 19.4. The van der Waals surface area contributed by atoms with Crippen LogP contribution in [0.15, 0.2) is 47.6 Å². The highest BCUT2D eigenvalue weighted by Crippen LogP contribution is 2.32. The third kappa shape index (κ3) is 4.78. The predicted molar refractivity (Wildman–Crippen MR) is 112 cm³/mol. The van der Waals surface area contributed by atoms with Crippen LogP contribution in [0.3, 0.4) is 0 Å². The minimum Gasteiger partial charge on any atom is -0.483 e. The molecule has 0 saturated carbocycles. The summed E-state index contributed by atoms with van der Waals surface area (Å²) in [5.74, 6) is 2.25. The Hall–Kier alpha value is -1.69. The predicted octanol–water partition coefficient (Wildman–Crippen LogP) is 6.35. The fourth-order valence-electron chi connectivity index (χ4n) is 2.76. The molecule has 0 fully saturated rings. The molecule has 1 heterocycles. The lowest BCUT2D eigenvalue weighted by molar-refractivity contribution is 0.210. The molecular weight excluding hydrogens is 401 g/mol. The third-order valence-electron chi connectivity index (χ3n) is 4.13. The van der Waals surface area contributed by atoms with Gasteiger partial charge in [-0.2, -0.15) is 0 Å². The maximum Gasteiger partial charge on any atom is 0.191 e. The van der Waals surface area contributed by atoms with Crippen LogP contribution in [-0.2, 0) is 12.3 Å². The van der Waals surface area contributed by atoms with Crippen LogP contribution in [0.1, 0.15) is 36.9 Å². The van der Waals surface area contributed by atoms with Gasteiger partial charge in [0.15, 0.2) is 17.1 Å². The molecule has 3 aromatic rings. The lowest BCUT2D eigenvalue weighted by atomic mass is 10.2. The largest absolute Gasteiger partial charge is 0.483 e. The molecule has 0 amide bonds. The van der Waals surface area contributed by atoms with Gasteiger partial charge in [-0.3, -0.25) is 0 Å². The third-order valence-corrected chi connectivity index (χ3v) is 5.84. The molecule has 0 N–H and O–H groups in total. The number of benzene rings is 2. The Kier molecular flexibility index (Phi) is 6.68. The molecule has 0 saturated heterocycles. The first-order valence-electron chi connectivity index (χ1n) is 8.71. The number of hydrogen-bond acceptors (Lipinski definition) is 4. The van der Waals surface area contributed by atoms with Gasteiger partial charge < -0.3 is 9.30 Å². The highest BCUT2D eigenvalue weighted by molar-refractivity contribution is 7.98. The quantitative estimate of drug-likeness (QED) is 0.416. The van der Waals surface area contributed by atoms with Crippen LogP contribution in [0, 0.1) is 6.92 Å². The van der Waals surface area contributed by atoms with E-state index in [1.165, 1.54) is 0 Å². The lowest BCUT2D eigenvalue weighted by Crippen LogP contribution is -2.12. The van der Waals surface area contributed by atoms with Gasteiger partial charge in [-0.25, -0.2) is 0 Å². The Morgan fingerprint density at radius 2 is 1.81 bits per heavy atom. The average molecular weight is 422 g/mol. The number of aryl methyl sites for hydroxylation is 1. The van der Waals surface area contributed by atoms with E-state index in [9.17, 15) is 0 Å². The summed E-state index contributed by atoms with van der Waals surface area (Å²) in [4.78, 5) is 0. The van der Waals surface area contributed by atoms with Crippen molar-refractivity contribution in [3.8, 4) is 5.75 Å². The van der Waals surface area contributed by atoms with Gasteiger partial charge >= 0.3 is 0 Å². The van der Waals surface area contributed by atoms with Gasteiger partial charge in [-0.05, 0) is 56.2 Å². The second kappa shape index (κ2) is 9.00. The number of aromatic nitrogens is 3. The molecule has 1 unspecified atom stereocenters. The first kappa shape index (κ1) is 20.1. The van der Waals surface area contributed by atoms with Crippen molar-refractivity contribution in [3.05, 3.63) is 69.5 Å². The molecule has 0 aliphatic carbocycles. The molecule has 142 valence electrons. The topological polar surface area (TPSA) is 39.9 Å². The Labute approximate surface area is 173 Å². The zero-order valence-electron chi connectivity index (χ0n) is 15.4. The molecular formula is C20H21Cl2N3OS. The first-order valence-corrected chi connectivity index (χ1v) is 10.5. The minimum atomic E-state index is -0.211. The highest BCUT2D eigenvalue weighted by atomic mass is 35.5. The summed E-state index contributed by atoms with van der Waals surface area (Å²) in [5.41, 5.74) is 2.06. The van der Waals surface area contributed by atoms with E-state index in [4.69, 9.17) is 27.9 Å². The molecule has 0 spiro atoms. The number of ether oxygens (including phenoxy) is 1. The van der Waals surface area contributed by atoms with Crippen molar-refractivity contribution < 1.29 is 4.74 Å². The van der Waals surface area contributed by atoms with Crippen LogP contribution in [-0.4, -0.2) is 14.8 Å². The zero-order valence-corrected chi connectivity index (χ0v) is 17.8. The van der Waals surface area contributed by atoms with E-state index in [-0.39, 0.29) is 6.10 Å². The maximum absolute atomic E-state index is 6.27. The molecule has 0 bridgehead atoms. The molecule has 4 nitrogen and oxygen atoms in total. The smallest absolute Gasteiger partial charge is 0.191 e. The normalized spacial score (nSPS) is 12.2. The number of thioether (sulfide) groups is 1. The molecule has 0 aliphatic heterocycles. The number of nitrogens with zero attached hydrogens (tertiary/aromatic N) is 3. The minimum absolute atomic E-state index is 0.211. The summed E-state index contributed by atoms with van der Waals surface area (Å²) < 4.78 is 8.13. The van der Waals surface area contributed by atoms with Gasteiger partial charge in [0.25, 0.3) is 0 Å². The second-order valence-electron chi connectivity index (χ2n) is 6.15. The van der Waals surface area contributed by atoms with Gasteiger partial charge in [-0.15, -0.1) is 10.2 Å². The van der Waals surface area contributed by atoms with Crippen molar-refractivity contribution >= 4 is 35.0 Å². The maximum atomic E-state index is 6.27. The molecule has 3 rings (SSSR count). The van der Waals surface area contributed by atoms with Gasteiger partial charge in [0, 0.05) is 22.3 Å². The van der Waals surface area contributed by atoms with Crippen LogP contribution in [0.25, 0.3) is 0 Å². The Morgan fingerprint density at radius 3 is 2.48 bits per heavy atom. The van der Waals surface area contributed by atoms with Crippen molar-refractivity contribution in [1.82, 2.24) is 14.8 Å². The second-order valence-corrected chi connectivity index (χ2v) is 7.91. The van der Waals surface area contributed by atoms with Crippen molar-refractivity contribution in [1.29, 1.82) is 0 Å². The van der Waals surface area contributed by atoms with Gasteiger partial charge in [0.05, 0.1) is 0 Å².